The third-order valence-corrected chi connectivity index (χ3v) is 3.03. The zero-order valence-corrected chi connectivity index (χ0v) is 11.6. The van der Waals surface area contributed by atoms with Gasteiger partial charge < -0.3 is 14.6 Å². The fourth-order valence-corrected chi connectivity index (χ4v) is 1.92. The molecule has 0 saturated carbocycles. The Morgan fingerprint density at radius 3 is 2.10 bits per heavy atom. The van der Waals surface area contributed by atoms with Crippen LogP contribution in [0.3, 0.4) is 0 Å². The number of esters is 1. The maximum absolute atomic E-state index is 11.4. The fourth-order valence-electron chi connectivity index (χ4n) is 1.92. The first kappa shape index (κ1) is 14.6. The molecular formula is C16H14O5. The van der Waals surface area contributed by atoms with Gasteiger partial charge in [0.05, 0.1) is 25.3 Å². The predicted octanol–water partition coefficient (Wildman–Crippen LogP) is 2.85. The highest BCUT2D eigenvalue weighted by Crippen LogP contribution is 2.26. The fraction of sp³-hybridized carbons (Fsp3) is 0.125. The maximum atomic E-state index is 11.4. The summed E-state index contributed by atoms with van der Waals surface area (Å²) in [4.78, 5) is 22.5. The second-order valence-corrected chi connectivity index (χ2v) is 4.32. The Morgan fingerprint density at radius 1 is 0.905 bits per heavy atom. The number of hydrogen-bond acceptors (Lipinski definition) is 4. The average molecular weight is 286 g/mol. The zero-order valence-electron chi connectivity index (χ0n) is 11.6. The number of carbonyl (C=O) groups excluding carboxylic acids is 1. The van der Waals surface area contributed by atoms with E-state index >= 15 is 0 Å². The van der Waals surface area contributed by atoms with Crippen LogP contribution in [0.15, 0.2) is 42.5 Å². The molecule has 0 heterocycles. The monoisotopic (exact) mass is 286 g/mol. The van der Waals surface area contributed by atoms with Crippen LogP contribution in [-0.2, 0) is 4.74 Å². The SMILES string of the molecule is COC(=O)c1ccc(-c2cc(OC)cc(C(=O)O)c2)cc1. The van der Waals surface area contributed by atoms with Gasteiger partial charge in [-0.25, -0.2) is 9.59 Å². The van der Waals surface area contributed by atoms with Crippen LogP contribution in [0.2, 0.25) is 0 Å². The highest BCUT2D eigenvalue weighted by atomic mass is 16.5. The number of rotatable bonds is 4. The number of carboxylic acids is 1. The van der Waals surface area contributed by atoms with Crippen LogP contribution in [-0.4, -0.2) is 31.3 Å². The van der Waals surface area contributed by atoms with Crippen molar-refractivity contribution in [1.82, 2.24) is 0 Å². The highest BCUT2D eigenvalue weighted by Gasteiger charge is 2.10. The molecular weight excluding hydrogens is 272 g/mol. The van der Waals surface area contributed by atoms with Crippen LogP contribution < -0.4 is 4.74 Å². The van der Waals surface area contributed by atoms with Crippen molar-refractivity contribution in [1.29, 1.82) is 0 Å². The van der Waals surface area contributed by atoms with E-state index in [1.165, 1.54) is 20.3 Å². The van der Waals surface area contributed by atoms with E-state index in [1.54, 1.807) is 36.4 Å². The summed E-state index contributed by atoms with van der Waals surface area (Å²) in [6.45, 7) is 0. The molecule has 0 fully saturated rings. The second-order valence-electron chi connectivity index (χ2n) is 4.32. The lowest BCUT2D eigenvalue weighted by atomic mass is 10.0. The Hall–Kier alpha value is -2.82. The Balaban J connectivity index is 2.43. The minimum Gasteiger partial charge on any atom is -0.497 e. The third-order valence-electron chi connectivity index (χ3n) is 3.03. The quantitative estimate of drug-likeness (QED) is 0.875. The van der Waals surface area contributed by atoms with Gasteiger partial charge in [0, 0.05) is 0 Å². The van der Waals surface area contributed by atoms with Gasteiger partial charge in [-0.15, -0.1) is 0 Å². The van der Waals surface area contributed by atoms with Gasteiger partial charge in [-0.1, -0.05) is 12.1 Å². The number of benzene rings is 2. The van der Waals surface area contributed by atoms with E-state index in [9.17, 15) is 9.59 Å². The summed E-state index contributed by atoms with van der Waals surface area (Å²) in [7, 11) is 2.79. The molecule has 5 heteroatoms. The Bertz CT molecular complexity index is 674. The minimum atomic E-state index is -1.03. The number of ether oxygens (including phenoxy) is 2. The zero-order chi connectivity index (χ0) is 15.4. The summed E-state index contributed by atoms with van der Waals surface area (Å²) < 4.78 is 9.74. The van der Waals surface area contributed by atoms with Crippen LogP contribution in [0, 0.1) is 0 Å². The molecule has 2 rings (SSSR count). The van der Waals surface area contributed by atoms with E-state index in [4.69, 9.17) is 9.84 Å². The molecule has 0 radical (unpaired) electrons. The molecule has 21 heavy (non-hydrogen) atoms. The molecule has 0 aliphatic carbocycles. The smallest absolute Gasteiger partial charge is 0.337 e. The Labute approximate surface area is 121 Å². The van der Waals surface area contributed by atoms with Gasteiger partial charge in [0.25, 0.3) is 0 Å². The normalized spacial score (nSPS) is 10.0. The van der Waals surface area contributed by atoms with Crippen molar-refractivity contribution in [3.8, 4) is 16.9 Å². The van der Waals surface area contributed by atoms with Crippen molar-refractivity contribution in [2.24, 2.45) is 0 Å². The molecule has 5 nitrogen and oxygen atoms in total. The first-order chi connectivity index (χ1) is 10.0. The van der Waals surface area contributed by atoms with Crippen LogP contribution in [0.5, 0.6) is 5.75 Å². The lowest BCUT2D eigenvalue weighted by Gasteiger charge is -2.08. The van der Waals surface area contributed by atoms with Crippen molar-refractivity contribution >= 4 is 11.9 Å². The third kappa shape index (κ3) is 3.20. The van der Waals surface area contributed by atoms with Gasteiger partial charge in [-0.3, -0.25) is 0 Å². The molecule has 0 aliphatic rings. The van der Waals surface area contributed by atoms with Crippen molar-refractivity contribution in [3.05, 3.63) is 53.6 Å². The van der Waals surface area contributed by atoms with Crippen molar-refractivity contribution in [2.45, 2.75) is 0 Å². The number of methoxy groups -OCH3 is 2. The summed E-state index contributed by atoms with van der Waals surface area (Å²) in [5.74, 6) is -0.985. The largest absolute Gasteiger partial charge is 0.497 e. The van der Waals surface area contributed by atoms with E-state index in [-0.39, 0.29) is 5.56 Å². The van der Waals surface area contributed by atoms with E-state index in [0.29, 0.717) is 16.9 Å². The lowest BCUT2D eigenvalue weighted by Crippen LogP contribution is -2.00. The molecule has 0 amide bonds. The topological polar surface area (TPSA) is 72.8 Å². The predicted molar refractivity (Wildman–Crippen MR) is 76.7 cm³/mol. The van der Waals surface area contributed by atoms with Crippen molar-refractivity contribution in [2.75, 3.05) is 14.2 Å². The molecule has 0 aromatic heterocycles. The molecule has 0 aliphatic heterocycles. The number of carboxylic acid groups (broad SMARTS) is 1. The van der Waals surface area contributed by atoms with Crippen molar-refractivity contribution < 1.29 is 24.2 Å². The molecule has 0 spiro atoms. The summed E-state index contributed by atoms with van der Waals surface area (Å²) in [5.41, 5.74) is 2.05. The maximum Gasteiger partial charge on any atom is 0.337 e. The lowest BCUT2D eigenvalue weighted by molar-refractivity contribution is 0.0600. The van der Waals surface area contributed by atoms with Gasteiger partial charge in [0.1, 0.15) is 5.75 Å². The highest BCUT2D eigenvalue weighted by molar-refractivity contribution is 5.91. The summed E-state index contributed by atoms with van der Waals surface area (Å²) in [6.07, 6.45) is 0. The Kier molecular flexibility index (Phi) is 4.23. The Morgan fingerprint density at radius 2 is 1.57 bits per heavy atom. The second kappa shape index (κ2) is 6.09. The number of carbonyl (C=O) groups is 2. The first-order valence-electron chi connectivity index (χ1n) is 6.16. The molecule has 0 unspecified atom stereocenters. The summed E-state index contributed by atoms with van der Waals surface area (Å²) in [6, 6.07) is 11.5. The van der Waals surface area contributed by atoms with Crippen LogP contribution in [0.4, 0.5) is 0 Å². The molecule has 2 aromatic carbocycles. The number of hydrogen-bond donors (Lipinski definition) is 1. The first-order valence-corrected chi connectivity index (χ1v) is 6.16. The van der Waals surface area contributed by atoms with E-state index in [2.05, 4.69) is 4.74 Å². The van der Waals surface area contributed by atoms with Gasteiger partial charge in [0.15, 0.2) is 0 Å². The molecule has 1 N–H and O–H groups in total. The van der Waals surface area contributed by atoms with E-state index in [1.807, 2.05) is 0 Å². The molecule has 0 atom stereocenters. The van der Waals surface area contributed by atoms with Gasteiger partial charge in [-0.05, 0) is 41.5 Å². The molecule has 0 saturated heterocycles. The molecule has 2 aromatic rings. The van der Waals surface area contributed by atoms with E-state index < -0.39 is 11.9 Å². The van der Waals surface area contributed by atoms with Gasteiger partial charge >= 0.3 is 11.9 Å². The molecule has 0 bridgehead atoms. The summed E-state index contributed by atoms with van der Waals surface area (Å²) in [5, 5.41) is 9.11. The van der Waals surface area contributed by atoms with Crippen molar-refractivity contribution in [3.63, 3.8) is 0 Å². The molecule has 108 valence electrons. The number of aromatic carboxylic acids is 1. The summed E-state index contributed by atoms with van der Waals surface area (Å²) >= 11 is 0. The standard InChI is InChI=1S/C16H14O5/c1-20-14-8-12(7-13(9-14)15(17)18)10-3-5-11(6-4-10)16(19)21-2/h3-9H,1-2H3,(H,17,18). The van der Waals surface area contributed by atoms with Crippen LogP contribution >= 0.6 is 0 Å². The average Bonchev–Trinajstić information content (AvgIpc) is 2.53. The van der Waals surface area contributed by atoms with Crippen LogP contribution in [0.1, 0.15) is 20.7 Å². The minimum absolute atomic E-state index is 0.140. The van der Waals surface area contributed by atoms with Gasteiger partial charge in [-0.2, -0.15) is 0 Å². The van der Waals surface area contributed by atoms with Gasteiger partial charge in [0.2, 0.25) is 0 Å². The van der Waals surface area contributed by atoms with Crippen LogP contribution in [0.25, 0.3) is 11.1 Å². The van der Waals surface area contributed by atoms with E-state index in [0.717, 1.165) is 5.56 Å².